The lowest BCUT2D eigenvalue weighted by Gasteiger charge is -2.30. The Kier molecular flexibility index (Phi) is 6.33. The van der Waals surface area contributed by atoms with Crippen molar-refractivity contribution in [3.8, 4) is 17.6 Å². The third-order valence-corrected chi connectivity index (χ3v) is 5.48. The highest BCUT2D eigenvalue weighted by Crippen LogP contribution is 2.29. The molecule has 1 saturated heterocycles. The van der Waals surface area contributed by atoms with Crippen LogP contribution in [0.1, 0.15) is 22.3 Å². The molecule has 3 rings (SSSR count). The van der Waals surface area contributed by atoms with Crippen molar-refractivity contribution in [1.29, 1.82) is 5.26 Å². The molecule has 142 valence electrons. The Hall–Kier alpha value is -2.55. The molecule has 5 heteroatoms. The third-order valence-electron chi connectivity index (χ3n) is 5.48. The van der Waals surface area contributed by atoms with E-state index < -0.39 is 0 Å². The molecule has 1 aliphatic rings. The molecule has 0 saturated carbocycles. The van der Waals surface area contributed by atoms with Gasteiger partial charge < -0.3 is 19.3 Å². The van der Waals surface area contributed by atoms with Gasteiger partial charge in [0, 0.05) is 11.1 Å². The lowest BCUT2D eigenvalue weighted by Crippen LogP contribution is -3.27. The fraction of sp³-hybridized carbons (Fsp3) is 0.409. The highest BCUT2D eigenvalue weighted by molar-refractivity contribution is 5.46. The van der Waals surface area contributed by atoms with Gasteiger partial charge >= 0.3 is 0 Å². The normalized spacial score (nSPS) is 19.3. The van der Waals surface area contributed by atoms with Crippen LogP contribution in [0.25, 0.3) is 0 Å². The third kappa shape index (κ3) is 4.79. The van der Waals surface area contributed by atoms with E-state index in [1.54, 1.807) is 24.0 Å². The molecule has 0 atom stereocenters. The maximum atomic E-state index is 8.91. The average Bonchev–Trinajstić information content (AvgIpc) is 2.71. The van der Waals surface area contributed by atoms with Crippen LogP contribution in [0.4, 0.5) is 0 Å². The maximum Gasteiger partial charge on any atom is 0.161 e. The van der Waals surface area contributed by atoms with Crippen molar-refractivity contribution in [3.05, 3.63) is 58.7 Å². The van der Waals surface area contributed by atoms with Gasteiger partial charge in [0.15, 0.2) is 11.5 Å². The Morgan fingerprint density at radius 2 is 1.44 bits per heavy atom. The lowest BCUT2D eigenvalue weighted by atomic mass is 10.1. The van der Waals surface area contributed by atoms with Crippen molar-refractivity contribution in [1.82, 2.24) is 0 Å². The summed E-state index contributed by atoms with van der Waals surface area (Å²) in [6.45, 7) is 8.87. The Labute approximate surface area is 161 Å². The van der Waals surface area contributed by atoms with Crippen molar-refractivity contribution >= 4 is 0 Å². The SMILES string of the molecule is COc1cc(C)c(C[NH+]2CC[NH+](Cc3ccc(C#N)cc3)CC2)cc1OC. The number of piperazine rings is 1. The lowest BCUT2D eigenvalue weighted by molar-refractivity contribution is -1.02. The summed E-state index contributed by atoms with van der Waals surface area (Å²) in [7, 11) is 3.37. The largest absolute Gasteiger partial charge is 0.493 e. The predicted molar refractivity (Wildman–Crippen MR) is 104 cm³/mol. The molecule has 0 radical (unpaired) electrons. The van der Waals surface area contributed by atoms with Gasteiger partial charge in [-0.25, -0.2) is 0 Å². The zero-order chi connectivity index (χ0) is 19.2. The van der Waals surface area contributed by atoms with Crippen LogP contribution in [0.15, 0.2) is 36.4 Å². The molecule has 1 heterocycles. The van der Waals surface area contributed by atoms with Crippen molar-refractivity contribution in [3.63, 3.8) is 0 Å². The summed E-state index contributed by atoms with van der Waals surface area (Å²) in [5.41, 5.74) is 4.63. The minimum absolute atomic E-state index is 0.730. The van der Waals surface area contributed by atoms with Crippen LogP contribution in [0.2, 0.25) is 0 Å². The second kappa shape index (κ2) is 8.90. The molecule has 2 aromatic rings. The molecule has 0 aromatic heterocycles. The van der Waals surface area contributed by atoms with E-state index in [9.17, 15) is 0 Å². The number of ether oxygens (including phenoxy) is 2. The minimum atomic E-state index is 0.730. The minimum Gasteiger partial charge on any atom is -0.493 e. The van der Waals surface area contributed by atoms with Crippen LogP contribution < -0.4 is 19.3 Å². The van der Waals surface area contributed by atoms with Gasteiger partial charge in [-0.3, -0.25) is 0 Å². The Bertz CT molecular complexity index is 804. The van der Waals surface area contributed by atoms with Crippen molar-refractivity contribution in [2.45, 2.75) is 20.0 Å². The summed E-state index contributed by atoms with van der Waals surface area (Å²) < 4.78 is 10.9. The molecule has 5 nitrogen and oxygen atoms in total. The van der Waals surface area contributed by atoms with Gasteiger partial charge in [-0.2, -0.15) is 5.26 Å². The topological polar surface area (TPSA) is 51.1 Å². The summed E-state index contributed by atoms with van der Waals surface area (Å²) in [4.78, 5) is 3.24. The van der Waals surface area contributed by atoms with Gasteiger partial charge in [0.2, 0.25) is 0 Å². The van der Waals surface area contributed by atoms with Gasteiger partial charge in [-0.05, 0) is 36.8 Å². The first-order valence-corrected chi connectivity index (χ1v) is 9.50. The fourth-order valence-electron chi connectivity index (χ4n) is 3.78. The summed E-state index contributed by atoms with van der Waals surface area (Å²) in [6, 6.07) is 14.4. The molecule has 2 aromatic carbocycles. The summed E-state index contributed by atoms with van der Waals surface area (Å²) in [6.07, 6.45) is 0. The van der Waals surface area contributed by atoms with E-state index >= 15 is 0 Å². The average molecular weight is 367 g/mol. The first-order valence-electron chi connectivity index (χ1n) is 9.50. The molecular formula is C22H29N3O2+2. The van der Waals surface area contributed by atoms with Gasteiger partial charge in [-0.15, -0.1) is 0 Å². The van der Waals surface area contributed by atoms with E-state index in [1.165, 1.54) is 42.9 Å². The molecule has 2 N–H and O–H groups in total. The van der Waals surface area contributed by atoms with E-state index in [-0.39, 0.29) is 0 Å². The molecule has 1 aliphatic heterocycles. The monoisotopic (exact) mass is 367 g/mol. The first kappa shape index (κ1) is 19.2. The van der Waals surface area contributed by atoms with Crippen LogP contribution in [-0.2, 0) is 13.1 Å². The summed E-state index contributed by atoms with van der Waals surface area (Å²) in [5.74, 6) is 1.60. The highest BCUT2D eigenvalue weighted by Gasteiger charge is 2.24. The van der Waals surface area contributed by atoms with Crippen molar-refractivity contribution < 1.29 is 19.3 Å². The molecule has 0 aliphatic carbocycles. The molecule has 0 bridgehead atoms. The van der Waals surface area contributed by atoms with Crippen LogP contribution in [-0.4, -0.2) is 40.4 Å². The predicted octanol–water partition coefficient (Wildman–Crippen LogP) is 0.368. The number of nitriles is 1. The van der Waals surface area contributed by atoms with Crippen LogP contribution in [0.5, 0.6) is 11.5 Å². The zero-order valence-corrected chi connectivity index (χ0v) is 16.5. The second-order valence-electron chi connectivity index (χ2n) is 7.30. The number of quaternary nitrogens is 2. The summed E-state index contributed by atoms with van der Waals surface area (Å²) >= 11 is 0. The van der Waals surface area contributed by atoms with Gasteiger partial charge in [0.25, 0.3) is 0 Å². The van der Waals surface area contributed by atoms with Crippen molar-refractivity contribution in [2.75, 3.05) is 40.4 Å². The number of benzene rings is 2. The number of nitrogens with one attached hydrogen (secondary N) is 2. The van der Waals surface area contributed by atoms with Crippen molar-refractivity contribution in [2.24, 2.45) is 0 Å². The quantitative estimate of drug-likeness (QED) is 0.776. The molecule has 1 fully saturated rings. The molecule has 0 unspecified atom stereocenters. The number of nitrogens with zero attached hydrogens (tertiary/aromatic N) is 1. The van der Waals surface area contributed by atoms with Crippen LogP contribution >= 0.6 is 0 Å². The number of rotatable bonds is 6. The molecule has 27 heavy (non-hydrogen) atoms. The molecule has 0 spiro atoms. The van der Waals surface area contributed by atoms with E-state index in [0.717, 1.165) is 30.2 Å². The standard InChI is InChI=1S/C22H27N3O2/c1-17-12-21(26-2)22(27-3)13-20(17)16-25-10-8-24(9-11-25)15-19-6-4-18(14-23)5-7-19/h4-7,12-13H,8-11,15-16H2,1-3H3/p+2. The van der Waals surface area contributed by atoms with E-state index in [4.69, 9.17) is 14.7 Å². The molecule has 0 amide bonds. The Balaban J connectivity index is 1.55. The van der Waals surface area contributed by atoms with Crippen LogP contribution in [0, 0.1) is 18.3 Å². The summed E-state index contributed by atoms with van der Waals surface area (Å²) in [5, 5.41) is 8.91. The number of methoxy groups -OCH3 is 2. The highest BCUT2D eigenvalue weighted by atomic mass is 16.5. The smallest absolute Gasteiger partial charge is 0.161 e. The first-order chi connectivity index (χ1) is 13.1. The number of hydrogen-bond donors (Lipinski definition) is 2. The van der Waals surface area contributed by atoms with E-state index in [1.807, 2.05) is 12.1 Å². The van der Waals surface area contributed by atoms with E-state index in [2.05, 4.69) is 37.3 Å². The number of aryl methyl sites for hydroxylation is 1. The Morgan fingerprint density at radius 1 is 0.889 bits per heavy atom. The fourth-order valence-corrected chi connectivity index (χ4v) is 3.78. The van der Waals surface area contributed by atoms with Gasteiger partial charge in [0.05, 0.1) is 25.9 Å². The Morgan fingerprint density at radius 3 is 2.00 bits per heavy atom. The van der Waals surface area contributed by atoms with Gasteiger partial charge in [0.1, 0.15) is 39.3 Å². The molecular weight excluding hydrogens is 338 g/mol. The second-order valence-corrected chi connectivity index (χ2v) is 7.30. The zero-order valence-electron chi connectivity index (χ0n) is 16.5. The van der Waals surface area contributed by atoms with E-state index in [0.29, 0.717) is 0 Å². The van der Waals surface area contributed by atoms with Crippen LogP contribution in [0.3, 0.4) is 0 Å². The number of hydrogen-bond acceptors (Lipinski definition) is 3. The maximum absolute atomic E-state index is 8.91. The van der Waals surface area contributed by atoms with Gasteiger partial charge in [-0.1, -0.05) is 12.1 Å².